The Morgan fingerprint density at radius 2 is 1.62 bits per heavy atom. The minimum Gasteiger partial charge on any atom is -0.457 e. The summed E-state index contributed by atoms with van der Waals surface area (Å²) in [5.41, 5.74) is 1.99. The van der Waals surface area contributed by atoms with Crippen molar-refractivity contribution in [1.29, 1.82) is 0 Å². The Bertz CT molecular complexity index is 671. The van der Waals surface area contributed by atoms with Crippen molar-refractivity contribution < 1.29 is 9.53 Å². The molecule has 2 atom stereocenters. The molecule has 2 unspecified atom stereocenters. The Kier molecular flexibility index (Phi) is 5.00. The van der Waals surface area contributed by atoms with Gasteiger partial charge in [-0.1, -0.05) is 67.6 Å². The van der Waals surface area contributed by atoms with Crippen molar-refractivity contribution >= 4 is 5.97 Å². The number of rotatable bonds is 5. The minimum atomic E-state index is -0.404. The van der Waals surface area contributed by atoms with Gasteiger partial charge < -0.3 is 4.74 Å². The van der Waals surface area contributed by atoms with E-state index in [1.807, 2.05) is 43.3 Å². The number of morpholine rings is 1. The molecule has 0 saturated carbocycles. The molecule has 0 spiro atoms. The number of nitrogens with zero attached hydrogens (tertiary/aromatic N) is 1. The van der Waals surface area contributed by atoms with E-state index < -0.39 is 5.60 Å². The van der Waals surface area contributed by atoms with Crippen LogP contribution in [0.3, 0.4) is 0 Å². The summed E-state index contributed by atoms with van der Waals surface area (Å²) in [5, 5.41) is 0. The number of esters is 1. The average molecular weight is 323 g/mol. The van der Waals surface area contributed by atoms with Crippen LogP contribution in [-0.4, -0.2) is 29.1 Å². The number of hydrogen-bond acceptors (Lipinski definition) is 3. The zero-order valence-electron chi connectivity index (χ0n) is 14.4. The fourth-order valence-corrected chi connectivity index (χ4v) is 3.25. The van der Waals surface area contributed by atoms with Crippen LogP contribution < -0.4 is 0 Å². The minimum absolute atomic E-state index is 0.106. The molecule has 1 aliphatic heterocycles. The fraction of sp³-hybridized carbons (Fsp3) is 0.381. The zero-order valence-corrected chi connectivity index (χ0v) is 14.4. The highest BCUT2D eigenvalue weighted by atomic mass is 16.6. The standard InChI is InChI=1S/C21H25NO2/c1-3-21(2)16-22(15-18-12-8-5-9-13-18)19(20(23)24-21)14-17-10-6-4-7-11-17/h4-13,19H,3,14-16H2,1-2H3. The van der Waals surface area contributed by atoms with Crippen LogP contribution in [0.5, 0.6) is 0 Å². The molecule has 24 heavy (non-hydrogen) atoms. The second-order valence-corrected chi connectivity index (χ2v) is 6.82. The van der Waals surface area contributed by atoms with Gasteiger partial charge in [0.2, 0.25) is 0 Å². The molecule has 0 bridgehead atoms. The molecule has 2 aromatic rings. The molecule has 126 valence electrons. The third-order valence-corrected chi connectivity index (χ3v) is 4.85. The molecule has 3 rings (SSSR count). The van der Waals surface area contributed by atoms with Crippen molar-refractivity contribution in [1.82, 2.24) is 4.90 Å². The smallest absolute Gasteiger partial charge is 0.324 e. The van der Waals surface area contributed by atoms with Crippen molar-refractivity contribution in [2.75, 3.05) is 6.54 Å². The second kappa shape index (κ2) is 7.18. The molecule has 0 radical (unpaired) electrons. The van der Waals surface area contributed by atoms with Gasteiger partial charge in [0.25, 0.3) is 0 Å². The maximum atomic E-state index is 12.7. The van der Waals surface area contributed by atoms with Gasteiger partial charge in [0.05, 0.1) is 0 Å². The molecule has 3 nitrogen and oxygen atoms in total. The lowest BCUT2D eigenvalue weighted by molar-refractivity contribution is -0.181. The van der Waals surface area contributed by atoms with Gasteiger partial charge in [0.1, 0.15) is 11.6 Å². The van der Waals surface area contributed by atoms with Gasteiger partial charge >= 0.3 is 5.97 Å². The molecule has 0 N–H and O–H groups in total. The molecular weight excluding hydrogens is 298 g/mol. The van der Waals surface area contributed by atoms with E-state index in [0.29, 0.717) is 6.42 Å². The van der Waals surface area contributed by atoms with E-state index >= 15 is 0 Å². The van der Waals surface area contributed by atoms with Crippen LogP contribution in [0.1, 0.15) is 31.4 Å². The molecule has 1 aliphatic rings. The lowest BCUT2D eigenvalue weighted by Gasteiger charge is -2.44. The summed E-state index contributed by atoms with van der Waals surface area (Å²) in [6.07, 6.45) is 1.51. The van der Waals surface area contributed by atoms with Crippen molar-refractivity contribution in [2.24, 2.45) is 0 Å². The third-order valence-electron chi connectivity index (χ3n) is 4.85. The first kappa shape index (κ1) is 16.7. The van der Waals surface area contributed by atoms with E-state index in [4.69, 9.17) is 4.74 Å². The van der Waals surface area contributed by atoms with Gasteiger partial charge in [-0.05, 0) is 30.9 Å². The van der Waals surface area contributed by atoms with Gasteiger partial charge in [-0.15, -0.1) is 0 Å². The Morgan fingerprint density at radius 1 is 1.04 bits per heavy atom. The Hall–Kier alpha value is -2.13. The van der Waals surface area contributed by atoms with Crippen molar-refractivity contribution in [2.45, 2.75) is 44.9 Å². The third kappa shape index (κ3) is 3.85. The van der Waals surface area contributed by atoms with E-state index in [0.717, 1.165) is 25.1 Å². The van der Waals surface area contributed by atoms with Crippen molar-refractivity contribution in [3.05, 3.63) is 71.8 Å². The first-order chi connectivity index (χ1) is 11.6. The first-order valence-corrected chi connectivity index (χ1v) is 8.64. The Morgan fingerprint density at radius 3 is 2.21 bits per heavy atom. The summed E-state index contributed by atoms with van der Waals surface area (Å²) in [7, 11) is 0. The monoisotopic (exact) mass is 323 g/mol. The fourth-order valence-electron chi connectivity index (χ4n) is 3.25. The first-order valence-electron chi connectivity index (χ1n) is 8.64. The SMILES string of the molecule is CCC1(C)CN(Cc2ccccc2)C(Cc2ccccc2)C(=O)O1. The summed E-state index contributed by atoms with van der Waals surface area (Å²) < 4.78 is 5.80. The van der Waals surface area contributed by atoms with Gasteiger partial charge in [-0.3, -0.25) is 9.69 Å². The zero-order chi connectivity index (χ0) is 17.0. The summed E-state index contributed by atoms with van der Waals surface area (Å²) in [6, 6.07) is 20.3. The van der Waals surface area contributed by atoms with Crippen LogP contribution in [0.4, 0.5) is 0 Å². The van der Waals surface area contributed by atoms with Gasteiger partial charge in [0.15, 0.2) is 0 Å². The van der Waals surface area contributed by atoms with Crippen molar-refractivity contribution in [3.8, 4) is 0 Å². The molecule has 0 amide bonds. The summed E-state index contributed by atoms with van der Waals surface area (Å²) in [6.45, 7) is 5.64. The van der Waals surface area contributed by atoms with Gasteiger partial charge in [-0.2, -0.15) is 0 Å². The van der Waals surface area contributed by atoms with Crippen LogP contribution in [0.2, 0.25) is 0 Å². The quantitative estimate of drug-likeness (QED) is 0.783. The van der Waals surface area contributed by atoms with E-state index in [2.05, 4.69) is 36.1 Å². The molecule has 1 saturated heterocycles. The topological polar surface area (TPSA) is 29.5 Å². The lowest BCUT2D eigenvalue weighted by Crippen LogP contribution is -2.58. The average Bonchev–Trinajstić information content (AvgIpc) is 2.60. The number of ether oxygens (including phenoxy) is 1. The lowest BCUT2D eigenvalue weighted by atomic mass is 9.95. The van der Waals surface area contributed by atoms with E-state index in [9.17, 15) is 4.79 Å². The molecular formula is C21H25NO2. The summed E-state index contributed by atoms with van der Waals surface area (Å²) in [4.78, 5) is 15.0. The highest BCUT2D eigenvalue weighted by Crippen LogP contribution is 2.28. The Balaban J connectivity index is 1.84. The molecule has 1 fully saturated rings. The largest absolute Gasteiger partial charge is 0.457 e. The molecule has 1 heterocycles. The molecule has 0 aliphatic carbocycles. The predicted molar refractivity (Wildman–Crippen MR) is 95.6 cm³/mol. The maximum Gasteiger partial charge on any atom is 0.324 e. The van der Waals surface area contributed by atoms with Crippen LogP contribution in [0, 0.1) is 0 Å². The van der Waals surface area contributed by atoms with Gasteiger partial charge in [0, 0.05) is 13.1 Å². The van der Waals surface area contributed by atoms with Gasteiger partial charge in [-0.25, -0.2) is 0 Å². The van der Waals surface area contributed by atoms with E-state index in [-0.39, 0.29) is 12.0 Å². The molecule has 2 aromatic carbocycles. The summed E-state index contributed by atoms with van der Waals surface area (Å²) >= 11 is 0. The van der Waals surface area contributed by atoms with Crippen LogP contribution in [0.15, 0.2) is 60.7 Å². The number of carbonyl (C=O) groups is 1. The van der Waals surface area contributed by atoms with Crippen LogP contribution in [0.25, 0.3) is 0 Å². The van der Waals surface area contributed by atoms with E-state index in [1.54, 1.807) is 0 Å². The summed E-state index contributed by atoms with van der Waals surface area (Å²) in [5.74, 6) is -0.106. The normalized spacial score (nSPS) is 24.6. The number of cyclic esters (lactones) is 1. The molecule has 0 aromatic heterocycles. The van der Waals surface area contributed by atoms with E-state index in [1.165, 1.54) is 5.56 Å². The highest BCUT2D eigenvalue weighted by molar-refractivity contribution is 5.77. The number of carbonyl (C=O) groups excluding carboxylic acids is 1. The van der Waals surface area contributed by atoms with Crippen LogP contribution >= 0.6 is 0 Å². The number of hydrogen-bond donors (Lipinski definition) is 0. The van der Waals surface area contributed by atoms with Crippen molar-refractivity contribution in [3.63, 3.8) is 0 Å². The molecule has 3 heteroatoms. The Labute approximate surface area is 144 Å². The predicted octanol–water partition coefficient (Wildman–Crippen LogP) is 3.83. The maximum absolute atomic E-state index is 12.7. The number of benzene rings is 2. The van der Waals surface area contributed by atoms with Crippen LogP contribution in [-0.2, 0) is 22.5 Å². The highest BCUT2D eigenvalue weighted by Gasteiger charge is 2.42. The second-order valence-electron chi connectivity index (χ2n) is 6.82.